The predicted molar refractivity (Wildman–Crippen MR) is 111 cm³/mol. The van der Waals surface area contributed by atoms with Gasteiger partial charge in [0, 0.05) is 5.56 Å². The average molecular weight is 371 g/mol. The van der Waals surface area contributed by atoms with Gasteiger partial charge in [-0.05, 0) is 24.5 Å². The van der Waals surface area contributed by atoms with E-state index in [9.17, 15) is 0 Å². The van der Waals surface area contributed by atoms with Crippen LogP contribution in [0, 0.1) is 5.92 Å². The molecule has 0 saturated heterocycles. The fourth-order valence-corrected chi connectivity index (χ4v) is 2.83. The van der Waals surface area contributed by atoms with Gasteiger partial charge in [-0.3, -0.25) is 0 Å². The van der Waals surface area contributed by atoms with Crippen molar-refractivity contribution < 1.29 is 9.47 Å². The summed E-state index contributed by atoms with van der Waals surface area (Å²) in [5, 5.41) is 0. The largest absolute Gasteiger partial charge is 0.493 e. The zero-order chi connectivity index (χ0) is 19.3. The fraction of sp³-hybridized carbons (Fsp3) is 0.565. The van der Waals surface area contributed by atoms with Gasteiger partial charge in [0.2, 0.25) is 0 Å². The molecular formula is C23H34N2O2. The standard InChI is InChI=1S/C23H34N2O2/c1-4-6-7-8-9-12-15-26-21-14-11-10-13-20(21)23-22(16-24-18-25-23)27-17-19(3)5-2/h10-11,13-14,16,18-19H,4-9,12,15,17H2,1-3H3. The SMILES string of the molecule is CCCCCCCCOc1ccccc1-c1ncncc1OCC(C)CC. The first-order chi connectivity index (χ1) is 13.3. The van der Waals surface area contributed by atoms with Crippen molar-refractivity contribution in [2.75, 3.05) is 13.2 Å². The van der Waals surface area contributed by atoms with Crippen LogP contribution >= 0.6 is 0 Å². The van der Waals surface area contributed by atoms with Gasteiger partial charge < -0.3 is 9.47 Å². The highest BCUT2D eigenvalue weighted by Gasteiger charge is 2.14. The molecule has 148 valence electrons. The Hall–Kier alpha value is -2.10. The highest BCUT2D eigenvalue weighted by atomic mass is 16.5. The minimum absolute atomic E-state index is 0.497. The van der Waals surface area contributed by atoms with E-state index in [1.807, 2.05) is 24.3 Å². The molecule has 27 heavy (non-hydrogen) atoms. The lowest BCUT2D eigenvalue weighted by atomic mass is 10.1. The summed E-state index contributed by atoms with van der Waals surface area (Å²) in [6.45, 7) is 7.99. The van der Waals surface area contributed by atoms with Crippen LogP contribution in [0.15, 0.2) is 36.8 Å². The number of benzene rings is 1. The lowest BCUT2D eigenvalue weighted by molar-refractivity contribution is 0.255. The highest BCUT2D eigenvalue weighted by molar-refractivity contribution is 5.71. The van der Waals surface area contributed by atoms with E-state index >= 15 is 0 Å². The predicted octanol–water partition coefficient (Wildman–Crippen LogP) is 6.31. The maximum absolute atomic E-state index is 6.08. The number of nitrogens with zero attached hydrogens (tertiary/aromatic N) is 2. The van der Waals surface area contributed by atoms with Gasteiger partial charge >= 0.3 is 0 Å². The van der Waals surface area contributed by atoms with E-state index in [-0.39, 0.29) is 0 Å². The van der Waals surface area contributed by atoms with Gasteiger partial charge in [-0.1, -0.05) is 71.4 Å². The van der Waals surface area contributed by atoms with E-state index in [1.165, 1.54) is 32.1 Å². The number of ether oxygens (including phenoxy) is 2. The molecule has 0 N–H and O–H groups in total. The zero-order valence-electron chi connectivity index (χ0n) is 17.1. The molecule has 0 aliphatic carbocycles. The first-order valence-electron chi connectivity index (χ1n) is 10.4. The summed E-state index contributed by atoms with van der Waals surface area (Å²) < 4.78 is 12.1. The van der Waals surface area contributed by atoms with Gasteiger partial charge in [-0.25, -0.2) is 9.97 Å². The van der Waals surface area contributed by atoms with Crippen molar-refractivity contribution in [2.24, 2.45) is 5.92 Å². The lowest BCUT2D eigenvalue weighted by Gasteiger charge is -2.15. The van der Waals surface area contributed by atoms with Crippen LogP contribution in [0.3, 0.4) is 0 Å². The van der Waals surface area contributed by atoms with E-state index in [2.05, 4.69) is 30.7 Å². The van der Waals surface area contributed by atoms with Crippen molar-refractivity contribution in [3.8, 4) is 22.8 Å². The third kappa shape index (κ3) is 7.20. The number of para-hydroxylation sites is 1. The molecule has 1 unspecified atom stereocenters. The Balaban J connectivity index is 2.00. The summed E-state index contributed by atoms with van der Waals surface area (Å²) in [6, 6.07) is 8.05. The van der Waals surface area contributed by atoms with Crippen molar-refractivity contribution in [2.45, 2.75) is 65.7 Å². The fourth-order valence-electron chi connectivity index (χ4n) is 2.83. The normalized spacial score (nSPS) is 12.0. The smallest absolute Gasteiger partial charge is 0.164 e. The molecule has 0 amide bonds. The van der Waals surface area contributed by atoms with E-state index in [4.69, 9.17) is 9.47 Å². The third-order valence-corrected chi connectivity index (χ3v) is 4.80. The Morgan fingerprint density at radius 2 is 1.70 bits per heavy atom. The third-order valence-electron chi connectivity index (χ3n) is 4.80. The number of aromatic nitrogens is 2. The maximum atomic E-state index is 6.08. The molecular weight excluding hydrogens is 336 g/mol. The Morgan fingerprint density at radius 1 is 0.926 bits per heavy atom. The average Bonchev–Trinajstić information content (AvgIpc) is 2.72. The number of hydrogen-bond acceptors (Lipinski definition) is 4. The molecule has 0 bridgehead atoms. The number of hydrogen-bond donors (Lipinski definition) is 0. The topological polar surface area (TPSA) is 44.2 Å². The van der Waals surface area contributed by atoms with Crippen molar-refractivity contribution in [3.63, 3.8) is 0 Å². The molecule has 4 heteroatoms. The molecule has 0 aliphatic heterocycles. The van der Waals surface area contributed by atoms with Gasteiger partial charge in [0.05, 0.1) is 19.4 Å². The maximum Gasteiger partial charge on any atom is 0.164 e. The molecule has 0 spiro atoms. The molecule has 0 saturated carbocycles. The van der Waals surface area contributed by atoms with Gasteiger partial charge in [0.1, 0.15) is 17.8 Å². The first-order valence-corrected chi connectivity index (χ1v) is 10.4. The lowest BCUT2D eigenvalue weighted by Crippen LogP contribution is -2.09. The number of rotatable bonds is 13. The van der Waals surface area contributed by atoms with Crippen LogP contribution in [-0.2, 0) is 0 Å². The molecule has 2 aromatic rings. The molecule has 0 radical (unpaired) electrons. The Morgan fingerprint density at radius 3 is 2.52 bits per heavy atom. The van der Waals surface area contributed by atoms with Crippen LogP contribution < -0.4 is 9.47 Å². The Labute approximate surface area is 164 Å². The zero-order valence-corrected chi connectivity index (χ0v) is 17.1. The first kappa shape index (κ1) is 21.2. The number of unbranched alkanes of at least 4 members (excludes halogenated alkanes) is 5. The van der Waals surface area contributed by atoms with Gasteiger partial charge in [0.15, 0.2) is 5.75 Å². The monoisotopic (exact) mass is 370 g/mol. The van der Waals surface area contributed by atoms with Crippen LogP contribution in [-0.4, -0.2) is 23.2 Å². The summed E-state index contributed by atoms with van der Waals surface area (Å²) in [7, 11) is 0. The van der Waals surface area contributed by atoms with Crippen LogP contribution in [0.5, 0.6) is 11.5 Å². The molecule has 1 aromatic carbocycles. The molecule has 1 heterocycles. The van der Waals surface area contributed by atoms with Crippen molar-refractivity contribution >= 4 is 0 Å². The van der Waals surface area contributed by atoms with Crippen molar-refractivity contribution in [1.82, 2.24) is 9.97 Å². The molecule has 4 nitrogen and oxygen atoms in total. The van der Waals surface area contributed by atoms with Gasteiger partial charge in [-0.15, -0.1) is 0 Å². The Bertz CT molecular complexity index is 660. The van der Waals surface area contributed by atoms with E-state index in [0.717, 1.165) is 36.5 Å². The molecule has 2 rings (SSSR count). The summed E-state index contributed by atoms with van der Waals surface area (Å²) in [4.78, 5) is 8.61. The minimum atomic E-state index is 0.497. The summed E-state index contributed by atoms with van der Waals surface area (Å²) in [5.41, 5.74) is 1.76. The quantitative estimate of drug-likeness (QED) is 0.388. The van der Waals surface area contributed by atoms with Crippen LogP contribution in [0.2, 0.25) is 0 Å². The molecule has 0 aliphatic rings. The summed E-state index contributed by atoms with van der Waals surface area (Å²) in [6.07, 6.45) is 11.9. The van der Waals surface area contributed by atoms with Gasteiger partial charge in [-0.2, -0.15) is 0 Å². The minimum Gasteiger partial charge on any atom is -0.493 e. The van der Waals surface area contributed by atoms with E-state index in [1.54, 1.807) is 12.5 Å². The Kier molecular flexibility index (Phi) is 9.67. The van der Waals surface area contributed by atoms with E-state index < -0.39 is 0 Å². The second kappa shape index (κ2) is 12.3. The second-order valence-corrected chi connectivity index (χ2v) is 7.17. The van der Waals surface area contributed by atoms with Crippen molar-refractivity contribution in [1.29, 1.82) is 0 Å². The van der Waals surface area contributed by atoms with Gasteiger partial charge in [0.25, 0.3) is 0 Å². The van der Waals surface area contributed by atoms with Crippen LogP contribution in [0.4, 0.5) is 0 Å². The molecule has 0 fully saturated rings. The second-order valence-electron chi connectivity index (χ2n) is 7.17. The summed E-state index contributed by atoms with van der Waals surface area (Å²) >= 11 is 0. The van der Waals surface area contributed by atoms with Crippen molar-refractivity contribution in [3.05, 3.63) is 36.8 Å². The molecule has 1 atom stereocenters. The molecule has 1 aromatic heterocycles. The van der Waals surface area contributed by atoms with E-state index in [0.29, 0.717) is 18.3 Å². The van der Waals surface area contributed by atoms with Crippen LogP contribution in [0.1, 0.15) is 65.7 Å². The summed E-state index contributed by atoms with van der Waals surface area (Å²) in [5.74, 6) is 2.07. The highest BCUT2D eigenvalue weighted by Crippen LogP contribution is 2.34. The van der Waals surface area contributed by atoms with Crippen LogP contribution in [0.25, 0.3) is 11.3 Å².